The Balaban J connectivity index is -0.0000000183. The molecule has 0 spiro atoms. The number of carboxylic acids is 1. The molecule has 2 nitrogen and oxygen atoms in total. The first-order valence-electron chi connectivity index (χ1n) is 2.11. The van der Waals surface area contributed by atoms with Crippen molar-refractivity contribution in [2.24, 2.45) is 0 Å². The minimum absolute atomic E-state index is 0. The first kappa shape index (κ1) is 30.0. The quantitative estimate of drug-likeness (QED) is 0.406. The Kier molecular flexibility index (Phi) is 85.2. The van der Waals surface area contributed by atoms with E-state index in [1.54, 1.807) is 6.08 Å². The number of carbonyl (C=O) groups is 1. The van der Waals surface area contributed by atoms with Crippen molar-refractivity contribution in [3.05, 3.63) is 25.3 Å². The molecule has 0 aliphatic heterocycles. The van der Waals surface area contributed by atoms with Crippen LogP contribution in [0.3, 0.4) is 0 Å². The van der Waals surface area contributed by atoms with E-state index in [4.69, 9.17) is 5.11 Å². The maximum absolute atomic E-state index is 9.25. The maximum atomic E-state index is 9.25. The van der Waals surface area contributed by atoms with Gasteiger partial charge in [0.25, 0.3) is 0 Å². The molecular formula is C6H13Cl2NaO2. The Labute approximate surface area is 102 Å². The van der Waals surface area contributed by atoms with Crippen LogP contribution < -0.4 is 0 Å². The Hall–Kier alpha value is 0.530. The van der Waals surface area contributed by atoms with Crippen LogP contribution >= 0.6 is 24.8 Å². The van der Waals surface area contributed by atoms with Gasteiger partial charge in [0, 0.05) is 6.08 Å². The summed E-state index contributed by atoms with van der Waals surface area (Å²) in [5, 5.41) is 7.60. The van der Waals surface area contributed by atoms with Gasteiger partial charge in [0.1, 0.15) is 0 Å². The van der Waals surface area contributed by atoms with Crippen LogP contribution in [0, 0.1) is 0 Å². The van der Waals surface area contributed by atoms with E-state index < -0.39 is 5.97 Å². The van der Waals surface area contributed by atoms with Crippen LogP contribution in [0.25, 0.3) is 0 Å². The summed E-state index contributed by atoms with van der Waals surface area (Å²) in [5.41, 5.74) is 0. The Bertz CT molecular complexity index is 96.6. The number of carboxylic acid groups (broad SMARTS) is 1. The van der Waals surface area contributed by atoms with Gasteiger partial charge < -0.3 is 5.11 Å². The van der Waals surface area contributed by atoms with E-state index in [9.17, 15) is 4.79 Å². The standard InChI is InChI=1S/C3H4O2.C3H6.2ClH.Na.H/c1-2-3(4)5;1-3-2;;;;/h2H,1H2,(H,4,5);3H,1H2,2H3;2*1H;;. The molecule has 0 saturated carbocycles. The number of halogens is 2. The van der Waals surface area contributed by atoms with Gasteiger partial charge in [0.2, 0.25) is 0 Å². The van der Waals surface area contributed by atoms with Crippen LogP contribution in [-0.4, -0.2) is 40.6 Å². The molecule has 0 aromatic rings. The van der Waals surface area contributed by atoms with Crippen molar-refractivity contribution in [1.82, 2.24) is 0 Å². The van der Waals surface area contributed by atoms with Gasteiger partial charge in [0.05, 0.1) is 0 Å². The van der Waals surface area contributed by atoms with Crippen molar-refractivity contribution >= 4 is 60.3 Å². The van der Waals surface area contributed by atoms with Gasteiger partial charge in [-0.25, -0.2) is 4.79 Å². The monoisotopic (exact) mass is 210 g/mol. The SMILES string of the molecule is C=CC.C=CC(=O)O.Cl.Cl.[NaH]. The van der Waals surface area contributed by atoms with E-state index in [0.29, 0.717) is 0 Å². The van der Waals surface area contributed by atoms with Gasteiger partial charge in [0.15, 0.2) is 0 Å². The number of aliphatic carboxylic acids is 1. The number of hydrogen-bond donors (Lipinski definition) is 1. The molecular weight excluding hydrogens is 198 g/mol. The number of rotatable bonds is 1. The van der Waals surface area contributed by atoms with Gasteiger partial charge >= 0.3 is 35.5 Å². The summed E-state index contributed by atoms with van der Waals surface area (Å²) in [4.78, 5) is 9.25. The van der Waals surface area contributed by atoms with E-state index in [-0.39, 0.29) is 54.4 Å². The van der Waals surface area contributed by atoms with Crippen LogP contribution in [0.15, 0.2) is 25.3 Å². The van der Waals surface area contributed by atoms with Crippen molar-refractivity contribution in [2.45, 2.75) is 6.92 Å². The molecule has 0 radical (unpaired) electrons. The second kappa shape index (κ2) is 31.3. The van der Waals surface area contributed by atoms with E-state index in [1.165, 1.54) is 0 Å². The summed E-state index contributed by atoms with van der Waals surface area (Å²) in [6.07, 6.45) is 2.58. The predicted octanol–water partition coefficient (Wildman–Crippen LogP) is 1.64. The molecule has 0 bridgehead atoms. The summed E-state index contributed by atoms with van der Waals surface area (Å²) >= 11 is 0. The van der Waals surface area contributed by atoms with Crippen molar-refractivity contribution in [2.75, 3.05) is 0 Å². The molecule has 0 saturated heterocycles. The summed E-state index contributed by atoms with van der Waals surface area (Å²) in [5.74, 6) is -0.981. The zero-order valence-corrected chi connectivity index (χ0v) is 7.37. The van der Waals surface area contributed by atoms with Crippen LogP contribution in [-0.2, 0) is 4.79 Å². The second-order valence-electron chi connectivity index (χ2n) is 0.951. The van der Waals surface area contributed by atoms with Crippen molar-refractivity contribution in [3.63, 3.8) is 0 Å². The fourth-order valence-corrected chi connectivity index (χ4v) is 0. The van der Waals surface area contributed by atoms with E-state index in [0.717, 1.165) is 6.08 Å². The summed E-state index contributed by atoms with van der Waals surface area (Å²) in [6, 6.07) is 0. The third-order valence-electron chi connectivity index (χ3n) is 0.175. The summed E-state index contributed by atoms with van der Waals surface area (Å²) in [7, 11) is 0. The first-order valence-corrected chi connectivity index (χ1v) is 2.11. The minimum atomic E-state index is -0.981. The first-order chi connectivity index (χ1) is 3.68. The van der Waals surface area contributed by atoms with Crippen LogP contribution in [0.2, 0.25) is 0 Å². The second-order valence-corrected chi connectivity index (χ2v) is 0.951. The van der Waals surface area contributed by atoms with Crippen molar-refractivity contribution < 1.29 is 9.90 Å². The number of hydrogen-bond acceptors (Lipinski definition) is 1. The third-order valence-corrected chi connectivity index (χ3v) is 0.175. The Morgan fingerprint density at radius 1 is 1.36 bits per heavy atom. The molecule has 0 rings (SSSR count). The van der Waals surface area contributed by atoms with Crippen LogP contribution in [0.1, 0.15) is 6.92 Å². The fourth-order valence-electron chi connectivity index (χ4n) is 0. The fraction of sp³-hybridized carbons (Fsp3) is 0.167. The summed E-state index contributed by atoms with van der Waals surface area (Å²) in [6.45, 7) is 8.21. The molecule has 0 aliphatic carbocycles. The van der Waals surface area contributed by atoms with Crippen molar-refractivity contribution in [1.29, 1.82) is 0 Å². The van der Waals surface area contributed by atoms with Crippen LogP contribution in [0.4, 0.5) is 0 Å². The molecule has 0 atom stereocenters. The van der Waals surface area contributed by atoms with Gasteiger partial charge in [-0.15, -0.1) is 31.4 Å². The van der Waals surface area contributed by atoms with Gasteiger partial charge in [-0.1, -0.05) is 12.7 Å². The topological polar surface area (TPSA) is 37.3 Å². The molecule has 0 unspecified atom stereocenters. The molecule has 0 fully saturated rings. The molecule has 0 amide bonds. The molecule has 5 heteroatoms. The molecule has 1 N–H and O–H groups in total. The van der Waals surface area contributed by atoms with Gasteiger partial charge in [-0.2, -0.15) is 0 Å². The van der Waals surface area contributed by atoms with E-state index in [1.807, 2.05) is 6.92 Å². The van der Waals surface area contributed by atoms with E-state index >= 15 is 0 Å². The predicted molar refractivity (Wildman–Crippen MR) is 55.3 cm³/mol. The summed E-state index contributed by atoms with van der Waals surface area (Å²) < 4.78 is 0. The average molecular weight is 211 g/mol. The Morgan fingerprint density at radius 3 is 1.45 bits per heavy atom. The van der Waals surface area contributed by atoms with Gasteiger partial charge in [-0.3, -0.25) is 0 Å². The zero-order chi connectivity index (χ0) is 6.99. The van der Waals surface area contributed by atoms with Crippen molar-refractivity contribution in [3.8, 4) is 0 Å². The number of allylic oxidation sites excluding steroid dienone is 1. The average Bonchev–Trinajstić information content (AvgIpc) is 1.69. The molecule has 64 valence electrons. The van der Waals surface area contributed by atoms with Gasteiger partial charge in [-0.05, 0) is 6.92 Å². The normalized spacial score (nSPS) is 4.09. The van der Waals surface area contributed by atoms with E-state index in [2.05, 4.69) is 13.2 Å². The molecule has 0 aliphatic rings. The zero-order valence-electron chi connectivity index (χ0n) is 5.74. The molecule has 0 aromatic carbocycles. The molecule has 11 heavy (non-hydrogen) atoms. The third kappa shape index (κ3) is 120. The van der Waals surface area contributed by atoms with Crippen LogP contribution in [0.5, 0.6) is 0 Å². The molecule has 0 heterocycles. The Morgan fingerprint density at radius 2 is 1.45 bits per heavy atom. The molecule has 0 aromatic heterocycles.